The molecular formula is C23H26N2O4. The average molecular weight is 394 g/mol. The first-order valence-electron chi connectivity index (χ1n) is 9.63. The van der Waals surface area contributed by atoms with Gasteiger partial charge in [-0.2, -0.15) is 0 Å². The van der Waals surface area contributed by atoms with E-state index in [4.69, 9.17) is 9.47 Å². The molecule has 6 heteroatoms. The number of allylic oxidation sites excluding steroid dienone is 1. The van der Waals surface area contributed by atoms with Crippen LogP contribution in [0.2, 0.25) is 0 Å². The third kappa shape index (κ3) is 4.96. The van der Waals surface area contributed by atoms with Gasteiger partial charge in [0.1, 0.15) is 0 Å². The number of aryl methyl sites for hydroxylation is 1. The second kappa shape index (κ2) is 9.28. The summed E-state index contributed by atoms with van der Waals surface area (Å²) in [4.78, 5) is 26.0. The zero-order valence-corrected chi connectivity index (χ0v) is 16.9. The number of rotatable bonds is 8. The summed E-state index contributed by atoms with van der Waals surface area (Å²) in [6.45, 7) is 6.27. The molecule has 29 heavy (non-hydrogen) atoms. The molecule has 152 valence electrons. The SMILES string of the molecule is C=CCc1ccc(OCC(=O)Nc2ccc(N3CCCC3=O)c(C)c2)c(OC)c1. The van der Waals surface area contributed by atoms with Crippen LogP contribution in [0.5, 0.6) is 11.5 Å². The standard InChI is InChI=1S/C23H26N2O4/c1-4-6-17-8-11-20(21(14-17)28-3)29-15-22(26)24-18-9-10-19(16(2)13-18)25-12-5-7-23(25)27/h4,8-11,13-14H,1,5-7,12,15H2,2-3H3,(H,24,26). The van der Waals surface area contributed by atoms with Crippen LogP contribution in [-0.4, -0.2) is 32.1 Å². The summed E-state index contributed by atoms with van der Waals surface area (Å²) in [5, 5.41) is 2.83. The van der Waals surface area contributed by atoms with Crippen molar-refractivity contribution in [3.63, 3.8) is 0 Å². The van der Waals surface area contributed by atoms with E-state index < -0.39 is 0 Å². The van der Waals surface area contributed by atoms with E-state index in [1.54, 1.807) is 24.1 Å². The summed E-state index contributed by atoms with van der Waals surface area (Å²) in [6, 6.07) is 11.1. The van der Waals surface area contributed by atoms with Crippen molar-refractivity contribution < 1.29 is 19.1 Å². The highest BCUT2D eigenvalue weighted by Gasteiger charge is 2.23. The molecule has 2 amide bonds. The Morgan fingerprint density at radius 3 is 2.72 bits per heavy atom. The molecule has 0 aromatic heterocycles. The fourth-order valence-electron chi connectivity index (χ4n) is 3.40. The molecule has 1 heterocycles. The fourth-order valence-corrected chi connectivity index (χ4v) is 3.40. The van der Waals surface area contributed by atoms with Crippen molar-refractivity contribution in [1.29, 1.82) is 0 Å². The first-order chi connectivity index (χ1) is 14.0. The van der Waals surface area contributed by atoms with E-state index in [9.17, 15) is 9.59 Å². The van der Waals surface area contributed by atoms with Gasteiger partial charge >= 0.3 is 0 Å². The quantitative estimate of drug-likeness (QED) is 0.690. The number of benzene rings is 2. The monoisotopic (exact) mass is 394 g/mol. The number of nitrogens with one attached hydrogen (secondary N) is 1. The molecule has 0 aliphatic carbocycles. The fraction of sp³-hybridized carbons (Fsp3) is 0.304. The highest BCUT2D eigenvalue weighted by atomic mass is 16.5. The Morgan fingerprint density at radius 2 is 2.07 bits per heavy atom. The molecule has 3 rings (SSSR count). The van der Waals surface area contributed by atoms with Crippen LogP contribution >= 0.6 is 0 Å². The number of carbonyl (C=O) groups is 2. The van der Waals surface area contributed by atoms with E-state index in [0.29, 0.717) is 23.6 Å². The van der Waals surface area contributed by atoms with Crippen molar-refractivity contribution in [3.05, 3.63) is 60.2 Å². The Hall–Kier alpha value is -3.28. The summed E-state index contributed by atoms with van der Waals surface area (Å²) in [6.07, 6.45) is 4.02. The number of amides is 2. The third-order valence-electron chi connectivity index (χ3n) is 4.81. The minimum atomic E-state index is -0.272. The van der Waals surface area contributed by atoms with Gasteiger partial charge in [-0.3, -0.25) is 9.59 Å². The highest BCUT2D eigenvalue weighted by molar-refractivity contribution is 5.97. The number of ether oxygens (including phenoxy) is 2. The van der Waals surface area contributed by atoms with Gasteiger partial charge in [-0.1, -0.05) is 12.1 Å². The lowest BCUT2D eigenvalue weighted by Crippen LogP contribution is -2.24. The van der Waals surface area contributed by atoms with Crippen molar-refractivity contribution in [3.8, 4) is 11.5 Å². The second-order valence-corrected chi connectivity index (χ2v) is 6.97. The zero-order valence-electron chi connectivity index (χ0n) is 16.9. The summed E-state index contributed by atoms with van der Waals surface area (Å²) < 4.78 is 11.0. The number of anilines is 2. The number of carbonyl (C=O) groups excluding carboxylic acids is 2. The first kappa shape index (κ1) is 20.5. The molecule has 1 aliphatic heterocycles. The summed E-state index contributed by atoms with van der Waals surface area (Å²) >= 11 is 0. The number of hydrogen-bond donors (Lipinski definition) is 1. The maximum atomic E-state index is 12.3. The Morgan fingerprint density at radius 1 is 1.24 bits per heavy atom. The molecular weight excluding hydrogens is 368 g/mol. The summed E-state index contributed by atoms with van der Waals surface area (Å²) in [7, 11) is 1.56. The average Bonchev–Trinajstić information content (AvgIpc) is 3.13. The van der Waals surface area contributed by atoms with Gasteiger partial charge in [0.25, 0.3) is 5.91 Å². The van der Waals surface area contributed by atoms with Gasteiger partial charge < -0.3 is 19.7 Å². The normalized spacial score (nSPS) is 13.3. The maximum absolute atomic E-state index is 12.3. The smallest absolute Gasteiger partial charge is 0.262 e. The molecule has 0 spiro atoms. The van der Waals surface area contributed by atoms with Crippen LogP contribution in [0.4, 0.5) is 11.4 Å². The number of nitrogens with zero attached hydrogens (tertiary/aromatic N) is 1. The Bertz CT molecular complexity index is 923. The third-order valence-corrected chi connectivity index (χ3v) is 4.81. The number of hydrogen-bond acceptors (Lipinski definition) is 4. The minimum absolute atomic E-state index is 0.136. The van der Waals surface area contributed by atoms with Crippen molar-refractivity contribution in [2.24, 2.45) is 0 Å². The summed E-state index contributed by atoms with van der Waals surface area (Å²) in [5.74, 6) is 0.958. The van der Waals surface area contributed by atoms with Gasteiger partial charge in [0.05, 0.1) is 7.11 Å². The van der Waals surface area contributed by atoms with Crippen LogP contribution in [0.15, 0.2) is 49.1 Å². The molecule has 0 unspecified atom stereocenters. The van der Waals surface area contributed by atoms with E-state index in [1.165, 1.54) is 0 Å². The van der Waals surface area contributed by atoms with E-state index in [2.05, 4.69) is 11.9 Å². The van der Waals surface area contributed by atoms with Gasteiger partial charge in [0.2, 0.25) is 5.91 Å². The first-order valence-corrected chi connectivity index (χ1v) is 9.63. The molecule has 1 aliphatic rings. The highest BCUT2D eigenvalue weighted by Crippen LogP contribution is 2.29. The largest absolute Gasteiger partial charge is 0.493 e. The van der Waals surface area contributed by atoms with Crippen molar-refractivity contribution >= 4 is 23.2 Å². The molecule has 0 atom stereocenters. The van der Waals surface area contributed by atoms with Crippen molar-refractivity contribution in [1.82, 2.24) is 0 Å². The van der Waals surface area contributed by atoms with Gasteiger partial charge in [-0.15, -0.1) is 6.58 Å². The molecule has 0 radical (unpaired) electrons. The van der Waals surface area contributed by atoms with E-state index >= 15 is 0 Å². The molecule has 6 nitrogen and oxygen atoms in total. The molecule has 0 saturated carbocycles. The molecule has 1 saturated heterocycles. The predicted molar refractivity (Wildman–Crippen MR) is 114 cm³/mol. The Kier molecular flexibility index (Phi) is 6.54. The van der Waals surface area contributed by atoms with Gasteiger partial charge in [-0.25, -0.2) is 0 Å². The summed E-state index contributed by atoms with van der Waals surface area (Å²) in [5.41, 5.74) is 3.56. The van der Waals surface area contributed by atoms with Crippen LogP contribution in [0.1, 0.15) is 24.0 Å². The van der Waals surface area contributed by atoms with Gasteiger partial charge in [0.15, 0.2) is 18.1 Å². The number of methoxy groups -OCH3 is 1. The Labute approximate surface area is 171 Å². The zero-order chi connectivity index (χ0) is 20.8. The van der Waals surface area contributed by atoms with Crippen LogP contribution in [0, 0.1) is 6.92 Å². The van der Waals surface area contributed by atoms with Crippen molar-refractivity contribution in [2.75, 3.05) is 30.5 Å². The van der Waals surface area contributed by atoms with Crippen LogP contribution in [-0.2, 0) is 16.0 Å². The lowest BCUT2D eigenvalue weighted by molar-refractivity contribution is -0.118. The molecule has 2 aromatic rings. The predicted octanol–water partition coefficient (Wildman–Crippen LogP) is 3.88. The minimum Gasteiger partial charge on any atom is -0.493 e. The lowest BCUT2D eigenvalue weighted by atomic mass is 10.1. The Balaban J connectivity index is 1.60. The second-order valence-electron chi connectivity index (χ2n) is 6.97. The molecule has 1 N–H and O–H groups in total. The van der Waals surface area contributed by atoms with Gasteiger partial charge in [0, 0.05) is 24.3 Å². The molecule has 2 aromatic carbocycles. The van der Waals surface area contributed by atoms with E-state index in [-0.39, 0.29) is 18.4 Å². The van der Waals surface area contributed by atoms with E-state index in [1.807, 2.05) is 37.3 Å². The van der Waals surface area contributed by atoms with Gasteiger partial charge in [-0.05, 0) is 61.2 Å². The lowest BCUT2D eigenvalue weighted by Gasteiger charge is -2.19. The van der Waals surface area contributed by atoms with Crippen LogP contribution < -0.4 is 19.7 Å². The maximum Gasteiger partial charge on any atom is 0.262 e. The topological polar surface area (TPSA) is 67.9 Å². The molecule has 1 fully saturated rings. The van der Waals surface area contributed by atoms with Crippen molar-refractivity contribution in [2.45, 2.75) is 26.2 Å². The van der Waals surface area contributed by atoms with Crippen LogP contribution in [0.25, 0.3) is 0 Å². The van der Waals surface area contributed by atoms with E-state index in [0.717, 1.165) is 36.2 Å². The molecule has 0 bridgehead atoms. The van der Waals surface area contributed by atoms with Crippen LogP contribution in [0.3, 0.4) is 0 Å².